The van der Waals surface area contributed by atoms with Gasteiger partial charge in [-0.3, -0.25) is 19.4 Å². The third-order valence-electron chi connectivity index (χ3n) is 7.31. The number of piperidine rings is 3. The van der Waals surface area contributed by atoms with Gasteiger partial charge >= 0.3 is 0 Å². The van der Waals surface area contributed by atoms with Gasteiger partial charge in [0.05, 0.1) is 17.3 Å². The first kappa shape index (κ1) is 19.0. The van der Waals surface area contributed by atoms with Crippen LogP contribution in [0.25, 0.3) is 11.0 Å². The summed E-state index contributed by atoms with van der Waals surface area (Å²) in [5.74, 6) is 1.29. The Morgan fingerprint density at radius 1 is 1.21 bits per heavy atom. The van der Waals surface area contributed by atoms with Gasteiger partial charge in [0.2, 0.25) is 0 Å². The maximum Gasteiger partial charge on any atom is 0.255 e. The van der Waals surface area contributed by atoms with Gasteiger partial charge in [-0.15, -0.1) is 0 Å². The highest BCUT2D eigenvalue weighted by molar-refractivity contribution is 5.96. The maximum absolute atomic E-state index is 13.4. The summed E-state index contributed by atoms with van der Waals surface area (Å²) in [5, 5.41) is 4.26. The molecule has 4 atom stereocenters. The molecule has 1 amide bonds. The quantitative estimate of drug-likeness (QED) is 0.793. The highest BCUT2D eigenvalue weighted by Crippen LogP contribution is 2.41. The van der Waals surface area contributed by atoms with Crippen LogP contribution in [0.4, 0.5) is 0 Å². The molecule has 0 spiro atoms. The highest BCUT2D eigenvalue weighted by atomic mass is 16.2. The van der Waals surface area contributed by atoms with Crippen molar-refractivity contribution in [3.63, 3.8) is 0 Å². The van der Waals surface area contributed by atoms with E-state index in [1.54, 1.807) is 17.1 Å². The van der Waals surface area contributed by atoms with Gasteiger partial charge in [-0.2, -0.15) is 5.10 Å². The van der Waals surface area contributed by atoms with Crippen LogP contribution in [0, 0.1) is 11.8 Å². The summed E-state index contributed by atoms with van der Waals surface area (Å²) in [6, 6.07) is 3.14. The van der Waals surface area contributed by atoms with Crippen LogP contribution >= 0.6 is 0 Å². The Balaban J connectivity index is 1.41. The second kappa shape index (κ2) is 7.36. The summed E-state index contributed by atoms with van der Waals surface area (Å²) >= 11 is 0. The summed E-state index contributed by atoms with van der Waals surface area (Å²) in [4.78, 5) is 25.1. The number of fused-ring (bicyclic) bond motifs is 5. The Kier molecular flexibility index (Phi) is 4.82. The summed E-state index contributed by atoms with van der Waals surface area (Å²) in [5.41, 5.74) is 2.44. The minimum absolute atomic E-state index is 0.128. The molecule has 3 fully saturated rings. The minimum atomic E-state index is 0.128. The van der Waals surface area contributed by atoms with Crippen LogP contribution in [-0.4, -0.2) is 87.7 Å². The summed E-state index contributed by atoms with van der Waals surface area (Å²) in [6.07, 6.45) is 8.67. The number of pyridine rings is 1. The van der Waals surface area contributed by atoms with Crippen molar-refractivity contribution in [1.82, 2.24) is 29.5 Å². The van der Waals surface area contributed by atoms with Gasteiger partial charge in [0, 0.05) is 45.0 Å². The normalized spacial score (nSPS) is 30.0. The number of aryl methyl sites for hydroxylation is 1. The molecule has 0 aromatic carbocycles. The molecule has 3 saturated heterocycles. The summed E-state index contributed by atoms with van der Waals surface area (Å²) < 4.78 is 1.79. The topological polar surface area (TPSA) is 57.5 Å². The van der Waals surface area contributed by atoms with Gasteiger partial charge in [-0.25, -0.2) is 0 Å². The number of aromatic nitrogens is 3. The fourth-order valence-corrected chi connectivity index (χ4v) is 6.02. The fraction of sp³-hybridized carbons (Fsp3) is 0.682. The maximum atomic E-state index is 13.4. The van der Waals surface area contributed by atoms with Crippen molar-refractivity contribution in [2.24, 2.45) is 18.9 Å². The molecule has 2 aromatic heterocycles. The van der Waals surface area contributed by atoms with E-state index in [1.807, 2.05) is 13.1 Å². The Morgan fingerprint density at radius 2 is 2.03 bits per heavy atom. The Hall–Kier alpha value is -1.99. The molecule has 5 rings (SSSR count). The molecule has 5 heterocycles. The summed E-state index contributed by atoms with van der Waals surface area (Å²) in [6.45, 7) is 4.05. The lowest BCUT2D eigenvalue weighted by Gasteiger charge is -2.57. The van der Waals surface area contributed by atoms with Crippen molar-refractivity contribution in [1.29, 1.82) is 0 Å². The molecule has 0 unspecified atom stereocenters. The molecule has 3 aliphatic heterocycles. The number of likely N-dealkylation sites (tertiary alicyclic amines) is 1. The Labute approximate surface area is 172 Å². The van der Waals surface area contributed by atoms with E-state index in [4.69, 9.17) is 0 Å². The van der Waals surface area contributed by atoms with Crippen LogP contribution < -0.4 is 0 Å². The van der Waals surface area contributed by atoms with Crippen LogP contribution in [0.15, 0.2) is 18.5 Å². The van der Waals surface area contributed by atoms with Gasteiger partial charge in [-0.1, -0.05) is 6.42 Å². The van der Waals surface area contributed by atoms with Crippen LogP contribution in [0.5, 0.6) is 0 Å². The first-order valence-corrected chi connectivity index (χ1v) is 11.0. The summed E-state index contributed by atoms with van der Waals surface area (Å²) in [7, 11) is 6.24. The van der Waals surface area contributed by atoms with Gasteiger partial charge in [-0.05, 0) is 57.8 Å². The van der Waals surface area contributed by atoms with Crippen molar-refractivity contribution in [3.05, 3.63) is 24.0 Å². The lowest BCUT2D eigenvalue weighted by molar-refractivity contribution is -0.0702. The lowest BCUT2D eigenvalue weighted by Crippen LogP contribution is -2.65. The van der Waals surface area contributed by atoms with E-state index in [9.17, 15) is 4.79 Å². The van der Waals surface area contributed by atoms with E-state index in [0.29, 0.717) is 29.5 Å². The minimum Gasteiger partial charge on any atom is -0.338 e. The molecular weight excluding hydrogens is 364 g/mol. The molecule has 3 aliphatic rings. The molecule has 0 saturated carbocycles. The number of amides is 1. The predicted molar refractivity (Wildman–Crippen MR) is 113 cm³/mol. The van der Waals surface area contributed by atoms with Crippen LogP contribution in [0.2, 0.25) is 0 Å². The SMILES string of the molecule is CN(C)C[C@H]1[C@H]2C[C@H](CN(C(=O)c3cnc4cnn(C)c4c3)C2)[C@@H]2CCCCN21. The third kappa shape index (κ3) is 3.34. The molecule has 156 valence electrons. The average Bonchev–Trinajstić information content (AvgIpc) is 3.10. The van der Waals surface area contributed by atoms with Gasteiger partial charge in [0.15, 0.2) is 0 Å². The van der Waals surface area contributed by atoms with Crippen LogP contribution in [0.3, 0.4) is 0 Å². The monoisotopic (exact) mass is 396 g/mol. The standard InChI is InChI=1S/C22H32N6O/c1-25(2)14-21-17-8-16(19-6-4-5-7-28(19)21)12-27(13-17)22(29)15-9-20-18(23-10-15)11-24-26(20)3/h9-11,16-17,19,21H,4-8,12-14H2,1-3H3/t16-,17+,19+,21+/m1/s1. The first-order chi connectivity index (χ1) is 14.0. The van der Waals surface area contributed by atoms with E-state index >= 15 is 0 Å². The molecular formula is C22H32N6O. The third-order valence-corrected chi connectivity index (χ3v) is 7.31. The molecule has 0 aliphatic carbocycles. The van der Waals surface area contributed by atoms with E-state index in [-0.39, 0.29) is 5.91 Å². The van der Waals surface area contributed by atoms with Crippen molar-refractivity contribution in [3.8, 4) is 0 Å². The molecule has 29 heavy (non-hydrogen) atoms. The van der Waals surface area contributed by atoms with Crippen molar-refractivity contribution < 1.29 is 4.79 Å². The number of hydrogen-bond donors (Lipinski definition) is 0. The lowest BCUT2D eigenvalue weighted by atomic mass is 9.72. The molecule has 7 heteroatoms. The van der Waals surface area contributed by atoms with E-state index in [0.717, 1.165) is 30.7 Å². The van der Waals surface area contributed by atoms with Crippen molar-refractivity contribution in [2.75, 3.05) is 40.3 Å². The van der Waals surface area contributed by atoms with E-state index in [1.165, 1.54) is 32.2 Å². The van der Waals surface area contributed by atoms with Crippen molar-refractivity contribution in [2.45, 2.75) is 37.8 Å². The van der Waals surface area contributed by atoms with E-state index < -0.39 is 0 Å². The number of carbonyl (C=O) groups excluding carboxylic acids is 1. The number of hydrogen-bond acceptors (Lipinski definition) is 5. The first-order valence-electron chi connectivity index (χ1n) is 11.0. The molecule has 7 nitrogen and oxygen atoms in total. The van der Waals surface area contributed by atoms with E-state index in [2.05, 4.69) is 38.9 Å². The molecule has 0 N–H and O–H groups in total. The second-order valence-corrected chi connectivity index (χ2v) is 9.49. The largest absolute Gasteiger partial charge is 0.338 e. The highest BCUT2D eigenvalue weighted by Gasteiger charge is 2.47. The Morgan fingerprint density at radius 3 is 2.86 bits per heavy atom. The number of carbonyl (C=O) groups is 1. The van der Waals surface area contributed by atoms with Crippen LogP contribution in [-0.2, 0) is 7.05 Å². The van der Waals surface area contributed by atoms with Crippen LogP contribution in [0.1, 0.15) is 36.0 Å². The average molecular weight is 397 g/mol. The zero-order valence-electron chi connectivity index (χ0n) is 17.8. The number of likely N-dealkylation sites (N-methyl/N-ethyl adjacent to an activating group) is 1. The van der Waals surface area contributed by atoms with Crippen molar-refractivity contribution >= 4 is 16.9 Å². The van der Waals surface area contributed by atoms with Gasteiger partial charge in [0.25, 0.3) is 5.91 Å². The van der Waals surface area contributed by atoms with Gasteiger partial charge < -0.3 is 9.80 Å². The predicted octanol–water partition coefficient (Wildman–Crippen LogP) is 1.84. The second-order valence-electron chi connectivity index (χ2n) is 9.49. The number of nitrogens with zero attached hydrogens (tertiary/aromatic N) is 6. The zero-order chi connectivity index (χ0) is 20.1. The Bertz CT molecular complexity index is 908. The smallest absolute Gasteiger partial charge is 0.255 e. The molecule has 2 aromatic rings. The number of rotatable bonds is 3. The fourth-order valence-electron chi connectivity index (χ4n) is 6.02. The van der Waals surface area contributed by atoms with Gasteiger partial charge in [0.1, 0.15) is 5.52 Å². The molecule has 0 radical (unpaired) electrons. The molecule has 2 bridgehead atoms. The zero-order valence-corrected chi connectivity index (χ0v) is 17.8.